The first kappa shape index (κ1) is 14.1. The zero-order valence-electron chi connectivity index (χ0n) is 12.4. The van der Waals surface area contributed by atoms with E-state index in [2.05, 4.69) is 20.4 Å². The zero-order valence-corrected chi connectivity index (χ0v) is 12.4. The zero-order chi connectivity index (χ0) is 15.6. The van der Waals surface area contributed by atoms with Crippen LogP contribution in [0, 0.1) is 5.82 Å². The molecule has 2 aromatic heterocycles. The van der Waals surface area contributed by atoms with Crippen molar-refractivity contribution in [3.63, 3.8) is 0 Å². The Bertz CT molecular complexity index is 811. The summed E-state index contributed by atoms with van der Waals surface area (Å²) in [5.74, 6) is 0.456. The van der Waals surface area contributed by atoms with Crippen LogP contribution >= 0.6 is 0 Å². The lowest BCUT2D eigenvalue weighted by Gasteiger charge is -2.11. The van der Waals surface area contributed by atoms with Crippen molar-refractivity contribution in [3.05, 3.63) is 42.6 Å². The van der Waals surface area contributed by atoms with Crippen LogP contribution in [0.15, 0.2) is 36.8 Å². The van der Waals surface area contributed by atoms with E-state index in [-0.39, 0.29) is 11.9 Å². The number of fused-ring (bicyclic) bond motifs is 1. The number of ether oxygens (including phenoxy) is 1. The average molecular weight is 313 g/mol. The monoisotopic (exact) mass is 313 g/mol. The first-order chi connectivity index (χ1) is 11.3. The van der Waals surface area contributed by atoms with E-state index in [0.717, 1.165) is 36.3 Å². The number of anilines is 1. The lowest BCUT2D eigenvalue weighted by Crippen LogP contribution is -2.19. The van der Waals surface area contributed by atoms with Crippen LogP contribution in [0.1, 0.15) is 12.8 Å². The van der Waals surface area contributed by atoms with Crippen LogP contribution in [0.25, 0.3) is 16.7 Å². The molecule has 1 aliphatic heterocycles. The predicted octanol–water partition coefficient (Wildman–Crippen LogP) is 2.55. The molecule has 3 heterocycles. The summed E-state index contributed by atoms with van der Waals surface area (Å²) < 4.78 is 20.4. The maximum Gasteiger partial charge on any atom is 0.168 e. The van der Waals surface area contributed by atoms with Crippen molar-refractivity contribution in [1.29, 1.82) is 0 Å². The Balaban J connectivity index is 1.64. The Hall–Kier alpha value is -2.54. The van der Waals surface area contributed by atoms with Gasteiger partial charge in [0.15, 0.2) is 5.65 Å². The number of benzene rings is 1. The lowest BCUT2D eigenvalue weighted by molar-refractivity contribution is 0.120. The minimum atomic E-state index is -0.279. The number of halogens is 1. The molecule has 0 bridgehead atoms. The van der Waals surface area contributed by atoms with Crippen LogP contribution in [0.4, 0.5) is 10.2 Å². The first-order valence-electron chi connectivity index (χ1n) is 7.61. The molecule has 0 spiro atoms. The van der Waals surface area contributed by atoms with E-state index in [0.29, 0.717) is 12.2 Å². The number of hydrogen-bond donors (Lipinski definition) is 1. The molecule has 0 saturated carbocycles. The number of nitrogens with one attached hydrogen (secondary N) is 1. The molecular formula is C16H16FN5O. The molecule has 4 rings (SSSR count). The largest absolute Gasteiger partial charge is 0.376 e. The van der Waals surface area contributed by atoms with Gasteiger partial charge in [-0.1, -0.05) is 0 Å². The standard InChI is InChI=1S/C16H16FN5O/c17-11-3-5-12(6-4-11)22-16-14(9-21-22)15(19-10-20-16)18-8-13-2-1-7-23-13/h3-6,9-10,13H,1-2,7-8H2,(H,18,19,20). The molecule has 0 radical (unpaired) electrons. The predicted molar refractivity (Wildman–Crippen MR) is 84.1 cm³/mol. The first-order valence-corrected chi connectivity index (χ1v) is 7.61. The van der Waals surface area contributed by atoms with Crippen molar-refractivity contribution >= 4 is 16.9 Å². The van der Waals surface area contributed by atoms with Gasteiger partial charge in [-0.05, 0) is 37.1 Å². The fourth-order valence-corrected chi connectivity index (χ4v) is 2.77. The minimum absolute atomic E-state index is 0.229. The van der Waals surface area contributed by atoms with Crippen molar-refractivity contribution in [1.82, 2.24) is 19.7 Å². The highest BCUT2D eigenvalue weighted by molar-refractivity contribution is 5.87. The molecule has 1 atom stereocenters. The van der Waals surface area contributed by atoms with Crippen molar-refractivity contribution in [2.45, 2.75) is 18.9 Å². The van der Waals surface area contributed by atoms with Gasteiger partial charge in [0, 0.05) is 13.2 Å². The second-order valence-corrected chi connectivity index (χ2v) is 5.51. The van der Waals surface area contributed by atoms with Crippen molar-refractivity contribution in [2.75, 3.05) is 18.5 Å². The smallest absolute Gasteiger partial charge is 0.168 e. The highest BCUT2D eigenvalue weighted by Gasteiger charge is 2.17. The Labute approximate surface area is 132 Å². The van der Waals surface area contributed by atoms with Gasteiger partial charge in [0.2, 0.25) is 0 Å². The van der Waals surface area contributed by atoms with Crippen LogP contribution in [-0.4, -0.2) is 39.0 Å². The number of rotatable bonds is 4. The molecule has 118 valence electrons. The van der Waals surface area contributed by atoms with Gasteiger partial charge in [0.1, 0.15) is 18.0 Å². The molecule has 0 aliphatic carbocycles. The van der Waals surface area contributed by atoms with Crippen LogP contribution in [0.2, 0.25) is 0 Å². The lowest BCUT2D eigenvalue weighted by atomic mass is 10.2. The van der Waals surface area contributed by atoms with E-state index in [1.54, 1.807) is 23.0 Å². The van der Waals surface area contributed by atoms with Gasteiger partial charge in [-0.15, -0.1) is 0 Å². The second kappa shape index (κ2) is 5.92. The van der Waals surface area contributed by atoms with Gasteiger partial charge < -0.3 is 10.1 Å². The molecule has 3 aromatic rings. The van der Waals surface area contributed by atoms with E-state index in [4.69, 9.17) is 4.74 Å². The molecule has 1 fully saturated rings. The SMILES string of the molecule is Fc1ccc(-n2ncc3c(NCC4CCCO4)ncnc32)cc1. The van der Waals surface area contributed by atoms with Crippen LogP contribution in [-0.2, 0) is 4.74 Å². The molecule has 1 aliphatic rings. The van der Waals surface area contributed by atoms with Crippen molar-refractivity contribution in [2.24, 2.45) is 0 Å². The molecule has 1 unspecified atom stereocenters. The fraction of sp³-hybridized carbons (Fsp3) is 0.312. The summed E-state index contributed by atoms with van der Waals surface area (Å²) in [7, 11) is 0. The maximum absolute atomic E-state index is 13.1. The van der Waals surface area contributed by atoms with Crippen LogP contribution in [0.5, 0.6) is 0 Å². The van der Waals surface area contributed by atoms with Gasteiger partial charge in [-0.25, -0.2) is 19.0 Å². The van der Waals surface area contributed by atoms with E-state index in [1.165, 1.54) is 18.5 Å². The topological polar surface area (TPSA) is 64.9 Å². The van der Waals surface area contributed by atoms with Gasteiger partial charge in [-0.2, -0.15) is 5.10 Å². The Morgan fingerprint density at radius 1 is 1.26 bits per heavy atom. The molecule has 1 N–H and O–H groups in total. The Morgan fingerprint density at radius 3 is 2.91 bits per heavy atom. The Kier molecular flexibility index (Phi) is 3.63. The summed E-state index contributed by atoms with van der Waals surface area (Å²) in [6.07, 6.45) is 5.62. The minimum Gasteiger partial charge on any atom is -0.376 e. The fourth-order valence-electron chi connectivity index (χ4n) is 2.77. The number of nitrogens with zero attached hydrogens (tertiary/aromatic N) is 4. The molecule has 1 saturated heterocycles. The van der Waals surface area contributed by atoms with Crippen LogP contribution in [0.3, 0.4) is 0 Å². The highest BCUT2D eigenvalue weighted by atomic mass is 19.1. The summed E-state index contributed by atoms with van der Waals surface area (Å²) >= 11 is 0. The summed E-state index contributed by atoms with van der Waals surface area (Å²) in [5, 5.41) is 8.50. The average Bonchev–Trinajstić information content (AvgIpc) is 3.23. The molecular weight excluding hydrogens is 297 g/mol. The van der Waals surface area contributed by atoms with Gasteiger partial charge in [0.25, 0.3) is 0 Å². The van der Waals surface area contributed by atoms with Gasteiger partial charge in [-0.3, -0.25) is 0 Å². The van der Waals surface area contributed by atoms with Crippen molar-refractivity contribution < 1.29 is 9.13 Å². The molecule has 23 heavy (non-hydrogen) atoms. The highest BCUT2D eigenvalue weighted by Crippen LogP contribution is 2.22. The molecule has 6 nitrogen and oxygen atoms in total. The summed E-state index contributed by atoms with van der Waals surface area (Å²) in [5.41, 5.74) is 1.44. The number of aromatic nitrogens is 4. The van der Waals surface area contributed by atoms with Crippen LogP contribution < -0.4 is 5.32 Å². The van der Waals surface area contributed by atoms with Gasteiger partial charge >= 0.3 is 0 Å². The number of hydrogen-bond acceptors (Lipinski definition) is 5. The van der Waals surface area contributed by atoms with E-state index in [9.17, 15) is 4.39 Å². The third-order valence-electron chi connectivity index (χ3n) is 3.96. The maximum atomic E-state index is 13.1. The summed E-state index contributed by atoms with van der Waals surface area (Å²) in [6.45, 7) is 1.54. The summed E-state index contributed by atoms with van der Waals surface area (Å²) in [4.78, 5) is 8.60. The Morgan fingerprint density at radius 2 is 2.13 bits per heavy atom. The second-order valence-electron chi connectivity index (χ2n) is 5.51. The molecule has 1 aromatic carbocycles. The van der Waals surface area contributed by atoms with E-state index in [1.807, 2.05) is 0 Å². The molecule has 0 amide bonds. The quantitative estimate of drug-likeness (QED) is 0.802. The van der Waals surface area contributed by atoms with Crippen molar-refractivity contribution in [3.8, 4) is 5.69 Å². The summed E-state index contributed by atoms with van der Waals surface area (Å²) in [6, 6.07) is 6.15. The normalized spacial score (nSPS) is 17.7. The molecule has 7 heteroatoms. The van der Waals surface area contributed by atoms with E-state index >= 15 is 0 Å². The van der Waals surface area contributed by atoms with E-state index < -0.39 is 0 Å². The van der Waals surface area contributed by atoms with Gasteiger partial charge in [0.05, 0.1) is 23.4 Å². The third kappa shape index (κ3) is 2.75. The third-order valence-corrected chi connectivity index (χ3v) is 3.96.